The number of rotatable bonds is 6. The monoisotopic (exact) mass is 275 g/mol. The second kappa shape index (κ2) is 7.77. The van der Waals surface area contributed by atoms with Crippen molar-refractivity contribution in [3.63, 3.8) is 0 Å². The van der Waals surface area contributed by atoms with Crippen molar-refractivity contribution in [2.75, 3.05) is 33.7 Å². The zero-order chi connectivity index (χ0) is 14.4. The van der Waals surface area contributed by atoms with Gasteiger partial charge in [0.05, 0.1) is 0 Å². The molecule has 20 heavy (non-hydrogen) atoms. The first-order chi connectivity index (χ1) is 9.66. The van der Waals surface area contributed by atoms with Gasteiger partial charge in [-0.2, -0.15) is 0 Å². The Hall–Kier alpha value is -0.900. The van der Waals surface area contributed by atoms with E-state index in [1.165, 1.54) is 44.5 Å². The molecule has 1 saturated heterocycles. The first-order valence-corrected chi connectivity index (χ1v) is 7.86. The average molecular weight is 275 g/mol. The van der Waals surface area contributed by atoms with E-state index in [1.807, 2.05) is 6.07 Å². The molecule has 1 fully saturated rings. The molecule has 0 spiro atoms. The van der Waals surface area contributed by atoms with Crippen LogP contribution in [0, 0.1) is 0 Å². The summed E-state index contributed by atoms with van der Waals surface area (Å²) in [5, 5.41) is 0. The van der Waals surface area contributed by atoms with Crippen LogP contribution in [0.15, 0.2) is 30.3 Å². The molecular formula is C17H29N3. The standard InChI is InChI=1S/C17H29N3/c1-19(2)16-10-13-20(14-11-16)12-6-9-17(18)15-7-4-3-5-8-15/h3-5,7-8,16-17H,6,9-14,18H2,1-2H3. The summed E-state index contributed by atoms with van der Waals surface area (Å²) in [7, 11) is 4.39. The fraction of sp³-hybridized carbons (Fsp3) is 0.647. The predicted molar refractivity (Wildman–Crippen MR) is 85.8 cm³/mol. The molecule has 0 amide bonds. The van der Waals surface area contributed by atoms with Gasteiger partial charge in [-0.3, -0.25) is 0 Å². The molecule has 1 unspecified atom stereocenters. The van der Waals surface area contributed by atoms with E-state index in [2.05, 4.69) is 48.2 Å². The first-order valence-electron chi connectivity index (χ1n) is 7.86. The molecule has 2 rings (SSSR count). The van der Waals surface area contributed by atoms with Crippen LogP contribution in [0.2, 0.25) is 0 Å². The van der Waals surface area contributed by atoms with Gasteiger partial charge in [-0.1, -0.05) is 30.3 Å². The van der Waals surface area contributed by atoms with Crippen molar-refractivity contribution in [2.24, 2.45) is 5.73 Å². The highest BCUT2D eigenvalue weighted by Crippen LogP contribution is 2.18. The zero-order valence-electron chi connectivity index (χ0n) is 13.0. The molecule has 1 aliphatic rings. The summed E-state index contributed by atoms with van der Waals surface area (Å²) in [5.74, 6) is 0. The van der Waals surface area contributed by atoms with E-state index >= 15 is 0 Å². The molecule has 1 aromatic carbocycles. The minimum atomic E-state index is 0.190. The molecule has 1 atom stereocenters. The Morgan fingerprint density at radius 3 is 2.45 bits per heavy atom. The topological polar surface area (TPSA) is 32.5 Å². The van der Waals surface area contributed by atoms with E-state index in [0.717, 1.165) is 12.5 Å². The van der Waals surface area contributed by atoms with Gasteiger partial charge in [0.25, 0.3) is 0 Å². The van der Waals surface area contributed by atoms with Crippen LogP contribution in [0.1, 0.15) is 37.3 Å². The van der Waals surface area contributed by atoms with Gasteiger partial charge in [0, 0.05) is 12.1 Å². The van der Waals surface area contributed by atoms with Gasteiger partial charge in [0.2, 0.25) is 0 Å². The third-order valence-electron chi connectivity index (χ3n) is 4.50. The van der Waals surface area contributed by atoms with Crippen molar-refractivity contribution < 1.29 is 0 Å². The smallest absolute Gasteiger partial charge is 0.0295 e. The Labute approximate surface area is 123 Å². The fourth-order valence-electron chi connectivity index (χ4n) is 3.06. The van der Waals surface area contributed by atoms with Gasteiger partial charge >= 0.3 is 0 Å². The molecular weight excluding hydrogens is 246 g/mol. The van der Waals surface area contributed by atoms with Gasteiger partial charge in [-0.15, -0.1) is 0 Å². The molecule has 3 heteroatoms. The van der Waals surface area contributed by atoms with Crippen LogP contribution < -0.4 is 5.73 Å². The highest BCUT2D eigenvalue weighted by Gasteiger charge is 2.20. The Bertz CT molecular complexity index is 369. The maximum atomic E-state index is 6.25. The molecule has 0 aliphatic carbocycles. The minimum absolute atomic E-state index is 0.190. The largest absolute Gasteiger partial charge is 0.324 e. The van der Waals surface area contributed by atoms with Gasteiger partial charge in [0.1, 0.15) is 0 Å². The molecule has 0 aromatic heterocycles. The molecule has 1 aliphatic heterocycles. The maximum Gasteiger partial charge on any atom is 0.0295 e. The molecule has 3 nitrogen and oxygen atoms in total. The number of hydrogen-bond donors (Lipinski definition) is 1. The highest BCUT2D eigenvalue weighted by atomic mass is 15.2. The van der Waals surface area contributed by atoms with Crippen molar-refractivity contribution in [1.82, 2.24) is 9.80 Å². The van der Waals surface area contributed by atoms with Gasteiger partial charge in [0.15, 0.2) is 0 Å². The van der Waals surface area contributed by atoms with Crippen LogP contribution in [0.5, 0.6) is 0 Å². The van der Waals surface area contributed by atoms with Gasteiger partial charge in [-0.05, 0) is 65.0 Å². The van der Waals surface area contributed by atoms with E-state index in [9.17, 15) is 0 Å². The van der Waals surface area contributed by atoms with Crippen molar-refractivity contribution >= 4 is 0 Å². The summed E-state index contributed by atoms with van der Waals surface area (Å²) in [4.78, 5) is 4.96. The normalized spacial score (nSPS) is 19.4. The highest BCUT2D eigenvalue weighted by molar-refractivity contribution is 5.18. The van der Waals surface area contributed by atoms with Crippen molar-refractivity contribution in [3.05, 3.63) is 35.9 Å². The second-order valence-corrected chi connectivity index (χ2v) is 6.20. The number of piperidine rings is 1. The number of likely N-dealkylation sites (tertiary alicyclic amines) is 1. The lowest BCUT2D eigenvalue weighted by Crippen LogP contribution is -2.42. The third kappa shape index (κ3) is 4.58. The van der Waals surface area contributed by atoms with E-state index in [4.69, 9.17) is 5.73 Å². The van der Waals surface area contributed by atoms with Crippen molar-refractivity contribution in [1.29, 1.82) is 0 Å². The third-order valence-corrected chi connectivity index (χ3v) is 4.50. The summed E-state index contributed by atoms with van der Waals surface area (Å²) in [6.07, 6.45) is 4.88. The lowest BCUT2D eigenvalue weighted by atomic mass is 10.0. The second-order valence-electron chi connectivity index (χ2n) is 6.20. The average Bonchev–Trinajstić information content (AvgIpc) is 2.48. The van der Waals surface area contributed by atoms with E-state index < -0.39 is 0 Å². The van der Waals surface area contributed by atoms with Crippen LogP contribution in [-0.2, 0) is 0 Å². The van der Waals surface area contributed by atoms with Crippen LogP contribution >= 0.6 is 0 Å². The molecule has 0 radical (unpaired) electrons. The van der Waals surface area contributed by atoms with Crippen LogP contribution in [0.4, 0.5) is 0 Å². The quantitative estimate of drug-likeness (QED) is 0.866. The van der Waals surface area contributed by atoms with E-state index in [0.29, 0.717) is 0 Å². The number of benzene rings is 1. The van der Waals surface area contributed by atoms with Crippen LogP contribution in [0.25, 0.3) is 0 Å². The van der Waals surface area contributed by atoms with E-state index in [-0.39, 0.29) is 6.04 Å². The Morgan fingerprint density at radius 2 is 1.85 bits per heavy atom. The summed E-state index contributed by atoms with van der Waals surface area (Å²) >= 11 is 0. The van der Waals surface area contributed by atoms with E-state index in [1.54, 1.807) is 0 Å². The summed E-state index contributed by atoms with van der Waals surface area (Å²) in [6.45, 7) is 3.67. The van der Waals surface area contributed by atoms with Crippen molar-refractivity contribution in [3.8, 4) is 0 Å². The van der Waals surface area contributed by atoms with Crippen molar-refractivity contribution in [2.45, 2.75) is 37.8 Å². The molecule has 112 valence electrons. The molecule has 0 saturated carbocycles. The molecule has 2 N–H and O–H groups in total. The number of nitrogens with zero attached hydrogens (tertiary/aromatic N) is 2. The van der Waals surface area contributed by atoms with Gasteiger partial charge in [-0.25, -0.2) is 0 Å². The summed E-state index contributed by atoms with van der Waals surface area (Å²) in [6, 6.07) is 11.4. The molecule has 0 bridgehead atoms. The maximum absolute atomic E-state index is 6.25. The lowest BCUT2D eigenvalue weighted by Gasteiger charge is -2.35. The minimum Gasteiger partial charge on any atom is -0.324 e. The summed E-state index contributed by atoms with van der Waals surface area (Å²) in [5.41, 5.74) is 7.51. The SMILES string of the molecule is CN(C)C1CCN(CCCC(N)c2ccccc2)CC1. The first kappa shape index (κ1) is 15.5. The Morgan fingerprint density at radius 1 is 1.20 bits per heavy atom. The molecule has 1 heterocycles. The van der Waals surface area contributed by atoms with Crippen LogP contribution in [-0.4, -0.2) is 49.6 Å². The number of nitrogens with two attached hydrogens (primary N) is 1. The van der Waals surface area contributed by atoms with Gasteiger partial charge < -0.3 is 15.5 Å². The Balaban J connectivity index is 1.65. The predicted octanol–water partition coefficient (Wildman–Crippen LogP) is 2.49. The summed E-state index contributed by atoms with van der Waals surface area (Å²) < 4.78 is 0. The lowest BCUT2D eigenvalue weighted by molar-refractivity contribution is 0.143. The Kier molecular flexibility index (Phi) is 6.02. The zero-order valence-corrected chi connectivity index (χ0v) is 13.0. The fourth-order valence-corrected chi connectivity index (χ4v) is 3.06. The number of hydrogen-bond acceptors (Lipinski definition) is 3. The van der Waals surface area contributed by atoms with Crippen LogP contribution in [0.3, 0.4) is 0 Å². The molecule has 1 aromatic rings.